The van der Waals surface area contributed by atoms with Crippen molar-refractivity contribution < 1.29 is 0 Å². The van der Waals surface area contributed by atoms with E-state index in [-0.39, 0.29) is 5.56 Å². The summed E-state index contributed by atoms with van der Waals surface area (Å²) in [4.78, 5) is 13.8. The van der Waals surface area contributed by atoms with E-state index in [1.54, 1.807) is 6.20 Å². The Morgan fingerprint density at radius 2 is 2.28 bits per heavy atom. The standard InChI is InChI=1S/C12H19BrN4O/c1-2-17-5-3-9(4-6-17)7-14-10-8-15-16-12(18)11(10)13/h8-9H,2-7H2,1H3,(H2,14,16,18). The van der Waals surface area contributed by atoms with E-state index in [0.717, 1.165) is 18.8 Å². The first-order valence-electron chi connectivity index (χ1n) is 6.40. The third kappa shape index (κ3) is 3.32. The highest BCUT2D eigenvalue weighted by Crippen LogP contribution is 2.20. The van der Waals surface area contributed by atoms with Crippen LogP contribution in [-0.4, -0.2) is 41.3 Å². The molecule has 2 rings (SSSR count). The number of hydrogen-bond donors (Lipinski definition) is 2. The number of piperidine rings is 1. The molecule has 1 saturated heterocycles. The van der Waals surface area contributed by atoms with Crippen LogP contribution >= 0.6 is 15.9 Å². The average Bonchev–Trinajstić information content (AvgIpc) is 2.41. The second-order valence-corrected chi connectivity index (χ2v) is 5.48. The second-order valence-electron chi connectivity index (χ2n) is 4.69. The number of halogens is 1. The van der Waals surface area contributed by atoms with Crippen LogP contribution in [0.5, 0.6) is 0 Å². The average molecular weight is 315 g/mol. The van der Waals surface area contributed by atoms with Crippen LogP contribution in [0.1, 0.15) is 19.8 Å². The smallest absolute Gasteiger partial charge is 0.280 e. The monoisotopic (exact) mass is 314 g/mol. The van der Waals surface area contributed by atoms with Gasteiger partial charge in [-0.3, -0.25) is 4.79 Å². The Kier molecular flexibility index (Phi) is 4.77. The van der Waals surface area contributed by atoms with Gasteiger partial charge in [0.1, 0.15) is 4.47 Å². The number of nitrogens with one attached hydrogen (secondary N) is 2. The molecule has 0 bridgehead atoms. The molecule has 18 heavy (non-hydrogen) atoms. The molecule has 0 spiro atoms. The summed E-state index contributed by atoms with van der Waals surface area (Å²) in [5.74, 6) is 0.680. The summed E-state index contributed by atoms with van der Waals surface area (Å²) in [5, 5.41) is 9.50. The summed E-state index contributed by atoms with van der Waals surface area (Å²) >= 11 is 3.27. The van der Waals surface area contributed by atoms with Crippen LogP contribution in [0, 0.1) is 5.92 Å². The van der Waals surface area contributed by atoms with E-state index in [0.29, 0.717) is 10.4 Å². The molecule has 0 amide bonds. The SMILES string of the molecule is CCN1CCC(CNc2cn[nH]c(=O)c2Br)CC1. The van der Waals surface area contributed by atoms with Crippen molar-refractivity contribution in [3.8, 4) is 0 Å². The fourth-order valence-corrected chi connectivity index (χ4v) is 2.60. The molecule has 0 aromatic carbocycles. The number of rotatable bonds is 4. The van der Waals surface area contributed by atoms with Crippen LogP contribution in [0.25, 0.3) is 0 Å². The zero-order valence-corrected chi connectivity index (χ0v) is 12.2. The van der Waals surface area contributed by atoms with Crippen molar-refractivity contribution in [3.63, 3.8) is 0 Å². The van der Waals surface area contributed by atoms with Gasteiger partial charge in [0, 0.05) is 6.54 Å². The number of hydrogen-bond acceptors (Lipinski definition) is 4. The van der Waals surface area contributed by atoms with Gasteiger partial charge < -0.3 is 10.2 Å². The van der Waals surface area contributed by atoms with Crippen molar-refractivity contribution in [2.75, 3.05) is 31.5 Å². The summed E-state index contributed by atoms with van der Waals surface area (Å²) in [6, 6.07) is 0. The van der Waals surface area contributed by atoms with E-state index < -0.39 is 0 Å². The molecule has 0 unspecified atom stereocenters. The molecule has 0 radical (unpaired) electrons. The van der Waals surface area contributed by atoms with Crippen LogP contribution in [0.4, 0.5) is 5.69 Å². The van der Waals surface area contributed by atoms with Crippen molar-refractivity contribution in [3.05, 3.63) is 21.0 Å². The molecule has 100 valence electrons. The Hall–Kier alpha value is -0.880. The Morgan fingerprint density at radius 3 is 2.94 bits per heavy atom. The second kappa shape index (κ2) is 6.33. The van der Waals surface area contributed by atoms with Crippen LogP contribution in [-0.2, 0) is 0 Å². The predicted molar refractivity (Wildman–Crippen MR) is 75.9 cm³/mol. The van der Waals surface area contributed by atoms with Crippen molar-refractivity contribution in [2.24, 2.45) is 5.92 Å². The normalized spacial score (nSPS) is 17.9. The van der Waals surface area contributed by atoms with Gasteiger partial charge in [0.25, 0.3) is 5.56 Å². The summed E-state index contributed by atoms with van der Waals surface area (Å²) in [6.45, 7) is 6.61. The fourth-order valence-electron chi connectivity index (χ4n) is 2.27. The molecule has 6 heteroatoms. The fraction of sp³-hybridized carbons (Fsp3) is 0.667. The summed E-state index contributed by atoms with van der Waals surface area (Å²) in [7, 11) is 0. The molecular formula is C12H19BrN4O. The lowest BCUT2D eigenvalue weighted by molar-refractivity contribution is 0.198. The first kappa shape index (κ1) is 13.5. The van der Waals surface area contributed by atoms with Crippen LogP contribution in [0.15, 0.2) is 15.5 Å². The lowest BCUT2D eigenvalue weighted by Crippen LogP contribution is -2.35. The highest BCUT2D eigenvalue weighted by atomic mass is 79.9. The van der Waals surface area contributed by atoms with Crippen LogP contribution < -0.4 is 10.9 Å². The molecule has 5 nitrogen and oxygen atoms in total. The van der Waals surface area contributed by atoms with Crippen LogP contribution in [0.2, 0.25) is 0 Å². The molecule has 2 N–H and O–H groups in total. The number of anilines is 1. The Labute approximate surface area is 115 Å². The van der Waals surface area contributed by atoms with Crippen molar-refractivity contribution in [1.82, 2.24) is 15.1 Å². The Morgan fingerprint density at radius 1 is 1.56 bits per heavy atom. The third-order valence-corrected chi connectivity index (χ3v) is 4.32. The molecule has 0 atom stereocenters. The number of H-pyrrole nitrogens is 1. The third-order valence-electron chi connectivity index (χ3n) is 3.53. The van der Waals surface area contributed by atoms with Crippen molar-refractivity contribution in [2.45, 2.75) is 19.8 Å². The van der Waals surface area contributed by atoms with Gasteiger partial charge in [-0.1, -0.05) is 6.92 Å². The summed E-state index contributed by atoms with van der Waals surface area (Å²) in [6.07, 6.45) is 4.08. The first-order chi connectivity index (χ1) is 8.70. The van der Waals surface area contributed by atoms with Gasteiger partial charge in [0.15, 0.2) is 0 Å². The van der Waals surface area contributed by atoms with Gasteiger partial charge >= 0.3 is 0 Å². The van der Waals surface area contributed by atoms with Gasteiger partial charge in [0.05, 0.1) is 11.9 Å². The molecule has 1 aromatic rings. The van der Waals surface area contributed by atoms with Crippen molar-refractivity contribution in [1.29, 1.82) is 0 Å². The topological polar surface area (TPSA) is 61.0 Å². The number of nitrogens with zero attached hydrogens (tertiary/aromatic N) is 2. The van der Waals surface area contributed by atoms with Crippen LogP contribution in [0.3, 0.4) is 0 Å². The number of likely N-dealkylation sites (tertiary alicyclic amines) is 1. The van der Waals surface area contributed by atoms with E-state index in [1.807, 2.05) is 0 Å². The zero-order chi connectivity index (χ0) is 13.0. The lowest BCUT2D eigenvalue weighted by atomic mass is 9.97. The van der Waals surface area contributed by atoms with E-state index in [2.05, 4.69) is 43.3 Å². The summed E-state index contributed by atoms with van der Waals surface area (Å²) < 4.78 is 0.531. The minimum Gasteiger partial charge on any atom is -0.382 e. The molecule has 2 heterocycles. The minimum absolute atomic E-state index is 0.194. The zero-order valence-electron chi connectivity index (χ0n) is 10.6. The molecule has 1 aromatic heterocycles. The first-order valence-corrected chi connectivity index (χ1v) is 7.19. The molecular weight excluding hydrogens is 296 g/mol. The number of aromatic nitrogens is 2. The maximum atomic E-state index is 11.4. The highest BCUT2D eigenvalue weighted by molar-refractivity contribution is 9.10. The quantitative estimate of drug-likeness (QED) is 0.887. The molecule has 1 fully saturated rings. The molecule has 1 aliphatic rings. The van der Waals surface area contributed by atoms with Gasteiger partial charge in [-0.15, -0.1) is 0 Å². The molecule has 0 aliphatic carbocycles. The summed E-state index contributed by atoms with van der Waals surface area (Å²) in [5.41, 5.74) is 0.581. The van der Waals surface area contributed by atoms with E-state index in [1.165, 1.54) is 25.9 Å². The van der Waals surface area contributed by atoms with E-state index in [9.17, 15) is 4.79 Å². The minimum atomic E-state index is -0.194. The van der Waals surface area contributed by atoms with Gasteiger partial charge in [-0.05, 0) is 54.3 Å². The maximum absolute atomic E-state index is 11.4. The van der Waals surface area contributed by atoms with E-state index in [4.69, 9.17) is 0 Å². The Balaban J connectivity index is 1.85. The molecule has 1 aliphatic heterocycles. The van der Waals surface area contributed by atoms with Gasteiger partial charge in [-0.25, -0.2) is 5.10 Å². The number of aromatic amines is 1. The largest absolute Gasteiger partial charge is 0.382 e. The predicted octanol–water partition coefficient (Wildman–Crippen LogP) is 1.68. The van der Waals surface area contributed by atoms with Gasteiger partial charge in [0.2, 0.25) is 0 Å². The van der Waals surface area contributed by atoms with E-state index >= 15 is 0 Å². The maximum Gasteiger partial charge on any atom is 0.280 e. The highest BCUT2D eigenvalue weighted by Gasteiger charge is 2.18. The van der Waals surface area contributed by atoms with Crippen molar-refractivity contribution >= 4 is 21.6 Å². The lowest BCUT2D eigenvalue weighted by Gasteiger charge is -2.31. The Bertz CT molecular complexity index is 440. The molecule has 0 saturated carbocycles. The van der Waals surface area contributed by atoms with Gasteiger partial charge in [-0.2, -0.15) is 5.10 Å².